The summed E-state index contributed by atoms with van der Waals surface area (Å²) in [5, 5.41) is 14.2. The van der Waals surface area contributed by atoms with Crippen LogP contribution in [0.2, 0.25) is 0 Å². The van der Waals surface area contributed by atoms with Gasteiger partial charge < -0.3 is 25.0 Å². The van der Waals surface area contributed by atoms with Crippen molar-refractivity contribution in [2.75, 3.05) is 26.7 Å². The van der Waals surface area contributed by atoms with Gasteiger partial charge in [0.05, 0.1) is 7.11 Å². The molecule has 0 spiro atoms. The summed E-state index contributed by atoms with van der Waals surface area (Å²) in [6, 6.07) is 15.4. The van der Waals surface area contributed by atoms with Crippen LogP contribution in [0.4, 0.5) is 0 Å². The predicted molar refractivity (Wildman–Crippen MR) is 144 cm³/mol. The molecule has 0 unspecified atom stereocenters. The number of likely N-dealkylation sites (tertiary alicyclic amines) is 1. The largest absolute Gasteiger partial charge is 0.508 e. The van der Waals surface area contributed by atoms with Crippen LogP contribution in [0.1, 0.15) is 50.2 Å². The zero-order valence-corrected chi connectivity index (χ0v) is 22.1. The summed E-state index contributed by atoms with van der Waals surface area (Å²) in [4.78, 5) is 18.8. The molecule has 1 amide bonds. The Morgan fingerprint density at radius 3 is 2.69 bits per heavy atom. The van der Waals surface area contributed by atoms with Gasteiger partial charge in [0, 0.05) is 36.1 Å². The van der Waals surface area contributed by atoms with E-state index in [-0.39, 0.29) is 29.8 Å². The van der Waals surface area contributed by atoms with Crippen molar-refractivity contribution < 1.29 is 14.6 Å². The first-order valence-corrected chi connectivity index (χ1v) is 12.2. The number of carbonyl (C=O) groups is 1. The summed E-state index contributed by atoms with van der Waals surface area (Å²) in [7, 11) is 1.64. The van der Waals surface area contributed by atoms with Gasteiger partial charge >= 0.3 is 0 Å². The number of aromatic amines is 1. The Balaban J connectivity index is 0.00000342. The van der Waals surface area contributed by atoms with Crippen LogP contribution in [0.3, 0.4) is 0 Å². The third-order valence-electron chi connectivity index (χ3n) is 7.72. The number of piperidine rings is 1. The van der Waals surface area contributed by atoms with Crippen LogP contribution in [-0.4, -0.2) is 53.7 Å². The van der Waals surface area contributed by atoms with E-state index in [1.54, 1.807) is 13.2 Å². The molecular weight excluding hydrogens is 462 g/mol. The number of ether oxygens (including phenoxy) is 1. The molecule has 2 aromatic carbocycles. The fourth-order valence-corrected chi connectivity index (χ4v) is 5.08. The molecule has 35 heavy (non-hydrogen) atoms. The van der Waals surface area contributed by atoms with Crippen LogP contribution in [-0.2, 0) is 5.41 Å². The molecule has 1 aliphatic heterocycles. The van der Waals surface area contributed by atoms with Gasteiger partial charge in [0.15, 0.2) is 0 Å². The minimum atomic E-state index is -0.0801. The number of aromatic nitrogens is 1. The van der Waals surface area contributed by atoms with Crippen molar-refractivity contribution in [2.45, 2.75) is 45.6 Å². The number of phenols is 1. The maximum absolute atomic E-state index is 13.1. The van der Waals surface area contributed by atoms with E-state index in [2.05, 4.69) is 49.0 Å². The first-order chi connectivity index (χ1) is 16.2. The smallest absolute Gasteiger partial charge is 0.267 e. The molecule has 190 valence electrons. The number of nitrogens with one attached hydrogen (secondary N) is 2. The number of H-pyrrole nitrogens is 1. The molecule has 7 heteroatoms. The number of carbonyl (C=O) groups excluding carboxylic acids is 1. The highest BCUT2D eigenvalue weighted by Gasteiger charge is 2.38. The lowest BCUT2D eigenvalue weighted by molar-refractivity contribution is 0.0812. The molecule has 1 aromatic heterocycles. The van der Waals surface area contributed by atoms with Crippen LogP contribution in [0.5, 0.6) is 11.5 Å². The number of amides is 1. The van der Waals surface area contributed by atoms with E-state index in [1.165, 1.54) is 5.56 Å². The molecule has 0 saturated carbocycles. The number of hydrogen-bond donors (Lipinski definition) is 3. The van der Waals surface area contributed by atoms with E-state index >= 15 is 0 Å². The number of hydrogen-bond acceptors (Lipinski definition) is 4. The number of fused-ring (bicyclic) bond motifs is 1. The molecule has 1 aliphatic rings. The van der Waals surface area contributed by atoms with Gasteiger partial charge in [-0.1, -0.05) is 39.8 Å². The van der Waals surface area contributed by atoms with Gasteiger partial charge in [-0.05, 0) is 66.1 Å². The van der Waals surface area contributed by atoms with Crippen molar-refractivity contribution in [1.82, 2.24) is 15.2 Å². The second-order valence-electron chi connectivity index (χ2n) is 10.3. The summed E-state index contributed by atoms with van der Waals surface area (Å²) >= 11 is 0. The normalized spacial score (nSPS) is 21.5. The zero-order valence-electron chi connectivity index (χ0n) is 21.3. The van der Waals surface area contributed by atoms with Crippen molar-refractivity contribution >= 4 is 29.2 Å². The summed E-state index contributed by atoms with van der Waals surface area (Å²) in [6.45, 7) is 11.6. The second kappa shape index (κ2) is 10.9. The van der Waals surface area contributed by atoms with Crippen LogP contribution in [0.25, 0.3) is 10.9 Å². The molecule has 3 aromatic rings. The van der Waals surface area contributed by atoms with Crippen LogP contribution in [0, 0.1) is 11.8 Å². The average Bonchev–Trinajstić information content (AvgIpc) is 3.24. The third-order valence-corrected chi connectivity index (χ3v) is 7.72. The predicted octanol–water partition coefficient (Wildman–Crippen LogP) is 5.36. The Morgan fingerprint density at radius 2 is 2.03 bits per heavy atom. The van der Waals surface area contributed by atoms with Gasteiger partial charge in [0.25, 0.3) is 5.91 Å². The summed E-state index contributed by atoms with van der Waals surface area (Å²) in [5.74, 6) is 1.74. The third kappa shape index (κ3) is 5.76. The fourth-order valence-electron chi connectivity index (χ4n) is 5.08. The molecule has 4 rings (SSSR count). The maximum Gasteiger partial charge on any atom is 0.267 e. The number of methoxy groups -OCH3 is 1. The van der Waals surface area contributed by atoms with Crippen molar-refractivity contribution in [1.29, 1.82) is 0 Å². The number of halogens is 1. The number of benzene rings is 2. The Morgan fingerprint density at radius 1 is 1.26 bits per heavy atom. The van der Waals surface area contributed by atoms with Crippen LogP contribution < -0.4 is 10.1 Å². The first-order valence-electron chi connectivity index (χ1n) is 12.2. The minimum Gasteiger partial charge on any atom is -0.508 e. The van der Waals surface area contributed by atoms with Gasteiger partial charge in [-0.15, -0.1) is 12.4 Å². The molecule has 0 radical (unpaired) electrons. The second-order valence-corrected chi connectivity index (χ2v) is 10.3. The van der Waals surface area contributed by atoms with E-state index in [0.29, 0.717) is 23.3 Å². The first kappa shape index (κ1) is 26.9. The van der Waals surface area contributed by atoms with E-state index in [0.717, 1.165) is 42.7 Å². The fraction of sp³-hybridized carbons (Fsp3) is 0.464. The molecule has 1 fully saturated rings. The van der Waals surface area contributed by atoms with E-state index < -0.39 is 0 Å². The SMILES string of the molecule is COc1ccc2cc(C(=O)N[C@H](CN3CC[C@@](C)(c4cccc(O)c4)[C@@H](C)C3)C(C)C)[nH]c2c1.Cl. The summed E-state index contributed by atoms with van der Waals surface area (Å²) in [5.41, 5.74) is 2.68. The molecular formula is C28H38ClN3O3. The van der Waals surface area contributed by atoms with Crippen molar-refractivity contribution in [3.63, 3.8) is 0 Å². The number of nitrogens with zero attached hydrogens (tertiary/aromatic N) is 1. The van der Waals surface area contributed by atoms with E-state index in [4.69, 9.17) is 4.74 Å². The number of aromatic hydroxyl groups is 1. The highest BCUT2D eigenvalue weighted by Crippen LogP contribution is 2.40. The number of phenolic OH excluding ortho intramolecular Hbond substituents is 1. The van der Waals surface area contributed by atoms with Crippen molar-refractivity contribution in [3.05, 3.63) is 59.8 Å². The summed E-state index contributed by atoms with van der Waals surface area (Å²) < 4.78 is 5.29. The Bertz CT molecular complexity index is 1160. The maximum atomic E-state index is 13.1. The van der Waals surface area contributed by atoms with Crippen molar-refractivity contribution in [2.24, 2.45) is 11.8 Å². The molecule has 6 nitrogen and oxygen atoms in total. The van der Waals surface area contributed by atoms with E-state index in [9.17, 15) is 9.90 Å². The summed E-state index contributed by atoms with van der Waals surface area (Å²) in [6.07, 6.45) is 1.01. The molecule has 3 atom stereocenters. The lowest BCUT2D eigenvalue weighted by Gasteiger charge is -2.46. The Hall–Kier alpha value is -2.70. The molecule has 0 bridgehead atoms. The van der Waals surface area contributed by atoms with Crippen molar-refractivity contribution in [3.8, 4) is 11.5 Å². The minimum absolute atomic E-state index is 0. The Kier molecular flexibility index (Phi) is 8.39. The standard InChI is InChI=1S/C28H37N3O3.ClH/c1-18(2)26(30-27(33)25-13-20-9-10-23(34-5)15-24(20)29-25)17-31-12-11-28(4,19(3)16-31)21-7-6-8-22(32)14-21;/h6-10,13-15,18-19,26,29,32H,11-12,16-17H2,1-5H3,(H,30,33);1H/t19-,26+,28+;/m0./s1. The Labute approximate surface area is 214 Å². The lowest BCUT2D eigenvalue weighted by Crippen LogP contribution is -2.53. The molecule has 0 aliphatic carbocycles. The zero-order chi connectivity index (χ0) is 24.5. The van der Waals surface area contributed by atoms with Crippen LogP contribution in [0.15, 0.2) is 48.5 Å². The molecule has 1 saturated heterocycles. The van der Waals surface area contributed by atoms with Gasteiger partial charge in [0.1, 0.15) is 17.2 Å². The highest BCUT2D eigenvalue weighted by molar-refractivity contribution is 5.98. The van der Waals surface area contributed by atoms with Gasteiger partial charge in [-0.2, -0.15) is 0 Å². The van der Waals surface area contributed by atoms with Gasteiger partial charge in [-0.3, -0.25) is 4.79 Å². The quantitative estimate of drug-likeness (QED) is 0.409. The number of rotatable bonds is 7. The monoisotopic (exact) mass is 499 g/mol. The van der Waals surface area contributed by atoms with Gasteiger partial charge in [0.2, 0.25) is 0 Å². The lowest BCUT2D eigenvalue weighted by atomic mass is 9.68. The average molecular weight is 500 g/mol. The van der Waals surface area contributed by atoms with Gasteiger partial charge in [-0.25, -0.2) is 0 Å². The van der Waals surface area contributed by atoms with E-state index in [1.807, 2.05) is 36.4 Å². The topological polar surface area (TPSA) is 77.6 Å². The molecule has 3 N–H and O–H groups in total. The highest BCUT2D eigenvalue weighted by atomic mass is 35.5. The molecule has 2 heterocycles. The van der Waals surface area contributed by atoms with Crippen LogP contribution >= 0.6 is 12.4 Å².